The molecule has 2 rings (SSSR count). The lowest BCUT2D eigenvalue weighted by Gasteiger charge is -2.24. The average molecular weight is 231 g/mol. The van der Waals surface area contributed by atoms with Crippen LogP contribution in [0.1, 0.15) is 25.0 Å². The van der Waals surface area contributed by atoms with E-state index in [4.69, 9.17) is 5.41 Å². The van der Waals surface area contributed by atoms with E-state index in [0.29, 0.717) is 18.9 Å². The number of hydrogen-bond donors (Lipinski definition) is 2. The van der Waals surface area contributed by atoms with Crippen molar-refractivity contribution in [3.63, 3.8) is 0 Å². The number of carbonyl (C=O) groups excluding carboxylic acids is 1. The summed E-state index contributed by atoms with van der Waals surface area (Å²) in [6.45, 7) is 5.00. The molecule has 4 nitrogen and oxygen atoms in total. The number of likely N-dealkylation sites (N-methyl/N-ethyl adjacent to an activating group) is 1. The Hall–Kier alpha value is -1.84. The molecule has 1 amide bonds. The summed E-state index contributed by atoms with van der Waals surface area (Å²) in [6.07, 6.45) is 0. The van der Waals surface area contributed by atoms with Gasteiger partial charge in [-0.25, -0.2) is 0 Å². The summed E-state index contributed by atoms with van der Waals surface area (Å²) in [5, 5.41) is 10.9. The Balaban J connectivity index is 2.17. The number of benzene rings is 1. The number of amides is 1. The van der Waals surface area contributed by atoms with Crippen LogP contribution in [0.25, 0.3) is 0 Å². The zero-order chi connectivity index (χ0) is 12.4. The first-order chi connectivity index (χ1) is 8.15. The molecule has 2 N–H and O–H groups in total. The summed E-state index contributed by atoms with van der Waals surface area (Å²) in [6, 6.07) is 7.53. The largest absolute Gasteiger partial charge is 0.355 e. The third-order valence-electron chi connectivity index (χ3n) is 3.10. The molecule has 0 aromatic heterocycles. The van der Waals surface area contributed by atoms with E-state index in [0.717, 1.165) is 11.1 Å². The van der Waals surface area contributed by atoms with Gasteiger partial charge >= 0.3 is 0 Å². The lowest BCUT2D eigenvalue weighted by atomic mass is 10.1. The summed E-state index contributed by atoms with van der Waals surface area (Å²) < 4.78 is 0. The third-order valence-corrected chi connectivity index (χ3v) is 3.10. The van der Waals surface area contributed by atoms with Crippen LogP contribution in [0.2, 0.25) is 0 Å². The van der Waals surface area contributed by atoms with E-state index in [-0.39, 0.29) is 11.9 Å². The minimum Gasteiger partial charge on any atom is -0.355 e. The monoisotopic (exact) mass is 231 g/mol. The first-order valence-electron chi connectivity index (χ1n) is 5.86. The van der Waals surface area contributed by atoms with Crippen LogP contribution in [0.15, 0.2) is 24.3 Å². The van der Waals surface area contributed by atoms with Gasteiger partial charge in [-0.1, -0.05) is 24.3 Å². The summed E-state index contributed by atoms with van der Waals surface area (Å²) in [5.41, 5.74) is 2.05. The summed E-state index contributed by atoms with van der Waals surface area (Å²) in [7, 11) is 0. The van der Waals surface area contributed by atoms with Gasteiger partial charge in [0.1, 0.15) is 11.9 Å². The molecular weight excluding hydrogens is 214 g/mol. The standard InChI is InChI=1S/C13H17N3O/c1-3-15-13(17)9(2)16-8-10-6-4-5-7-11(10)12(16)14/h4-7,9,14H,3,8H2,1-2H3,(H,15,17). The maximum absolute atomic E-state index is 11.8. The van der Waals surface area contributed by atoms with E-state index >= 15 is 0 Å². The molecule has 0 saturated heterocycles. The molecule has 1 aliphatic heterocycles. The topological polar surface area (TPSA) is 56.2 Å². The highest BCUT2D eigenvalue weighted by Crippen LogP contribution is 2.24. The van der Waals surface area contributed by atoms with Gasteiger partial charge in [-0.05, 0) is 19.4 Å². The van der Waals surface area contributed by atoms with Crippen molar-refractivity contribution >= 4 is 11.7 Å². The van der Waals surface area contributed by atoms with Gasteiger partial charge in [-0.2, -0.15) is 0 Å². The van der Waals surface area contributed by atoms with E-state index in [2.05, 4.69) is 5.32 Å². The SMILES string of the molecule is CCNC(=O)C(C)N1Cc2ccccc2C1=N. The third kappa shape index (κ3) is 2.02. The number of rotatable bonds is 3. The van der Waals surface area contributed by atoms with Crippen LogP contribution in [0.4, 0.5) is 0 Å². The molecule has 1 aromatic carbocycles. The summed E-state index contributed by atoms with van der Waals surface area (Å²) >= 11 is 0. The number of amidine groups is 1. The van der Waals surface area contributed by atoms with Crippen molar-refractivity contribution in [3.05, 3.63) is 35.4 Å². The maximum atomic E-state index is 11.8. The molecule has 1 unspecified atom stereocenters. The molecule has 1 atom stereocenters. The number of fused-ring (bicyclic) bond motifs is 1. The molecule has 4 heteroatoms. The molecule has 0 fully saturated rings. The Morgan fingerprint density at radius 3 is 2.88 bits per heavy atom. The molecule has 0 aliphatic carbocycles. The maximum Gasteiger partial charge on any atom is 0.242 e. The van der Waals surface area contributed by atoms with Crippen molar-refractivity contribution in [1.82, 2.24) is 10.2 Å². The second-order valence-electron chi connectivity index (χ2n) is 4.20. The van der Waals surface area contributed by atoms with Crippen molar-refractivity contribution < 1.29 is 4.79 Å². The lowest BCUT2D eigenvalue weighted by Crippen LogP contribution is -2.45. The summed E-state index contributed by atoms with van der Waals surface area (Å²) in [5.74, 6) is 0.421. The molecule has 1 aromatic rings. The van der Waals surface area contributed by atoms with Crippen LogP contribution in [-0.2, 0) is 11.3 Å². The minimum atomic E-state index is -0.296. The van der Waals surface area contributed by atoms with Crippen LogP contribution in [0.3, 0.4) is 0 Å². The fraction of sp³-hybridized carbons (Fsp3) is 0.385. The van der Waals surface area contributed by atoms with Gasteiger partial charge in [0, 0.05) is 18.7 Å². The Bertz CT molecular complexity index is 456. The molecule has 1 aliphatic rings. The highest BCUT2D eigenvalue weighted by atomic mass is 16.2. The van der Waals surface area contributed by atoms with Crippen molar-refractivity contribution in [2.24, 2.45) is 0 Å². The highest BCUT2D eigenvalue weighted by Gasteiger charge is 2.30. The van der Waals surface area contributed by atoms with Crippen molar-refractivity contribution in [3.8, 4) is 0 Å². The molecule has 90 valence electrons. The van der Waals surface area contributed by atoms with Crippen LogP contribution in [0.5, 0.6) is 0 Å². The number of nitrogens with zero attached hydrogens (tertiary/aromatic N) is 1. The van der Waals surface area contributed by atoms with Gasteiger partial charge in [0.05, 0.1) is 0 Å². The number of carbonyl (C=O) groups is 1. The van der Waals surface area contributed by atoms with Crippen molar-refractivity contribution in [2.75, 3.05) is 6.54 Å². The normalized spacial score (nSPS) is 15.6. The Labute approximate surface area is 101 Å². The quantitative estimate of drug-likeness (QED) is 0.825. The van der Waals surface area contributed by atoms with Gasteiger partial charge in [0.2, 0.25) is 5.91 Å². The molecule has 17 heavy (non-hydrogen) atoms. The molecule has 0 radical (unpaired) electrons. The predicted octanol–water partition coefficient (Wildman–Crippen LogP) is 1.35. The van der Waals surface area contributed by atoms with Crippen molar-refractivity contribution in [2.45, 2.75) is 26.4 Å². The first-order valence-corrected chi connectivity index (χ1v) is 5.86. The fourth-order valence-corrected chi connectivity index (χ4v) is 2.10. The molecule has 0 saturated carbocycles. The summed E-state index contributed by atoms with van der Waals surface area (Å²) in [4.78, 5) is 13.6. The Morgan fingerprint density at radius 1 is 1.53 bits per heavy atom. The van der Waals surface area contributed by atoms with Gasteiger partial charge in [-0.3, -0.25) is 10.2 Å². The Morgan fingerprint density at radius 2 is 2.24 bits per heavy atom. The average Bonchev–Trinajstić information content (AvgIpc) is 2.67. The molecular formula is C13H17N3O. The van der Waals surface area contributed by atoms with E-state index < -0.39 is 0 Å². The highest BCUT2D eigenvalue weighted by molar-refractivity contribution is 6.02. The van der Waals surface area contributed by atoms with E-state index in [9.17, 15) is 4.79 Å². The van der Waals surface area contributed by atoms with E-state index in [1.54, 1.807) is 0 Å². The first kappa shape index (κ1) is 11.6. The second-order valence-corrected chi connectivity index (χ2v) is 4.20. The second kappa shape index (κ2) is 4.57. The van der Waals surface area contributed by atoms with Crippen LogP contribution >= 0.6 is 0 Å². The van der Waals surface area contributed by atoms with Gasteiger partial charge in [0.25, 0.3) is 0 Å². The Kier molecular flexibility index (Phi) is 3.13. The zero-order valence-corrected chi connectivity index (χ0v) is 10.2. The molecule has 0 bridgehead atoms. The molecule has 0 spiro atoms. The fourth-order valence-electron chi connectivity index (χ4n) is 2.10. The van der Waals surface area contributed by atoms with Crippen molar-refractivity contribution in [1.29, 1.82) is 5.41 Å². The number of nitrogens with one attached hydrogen (secondary N) is 2. The smallest absolute Gasteiger partial charge is 0.242 e. The van der Waals surface area contributed by atoms with Crippen LogP contribution in [-0.4, -0.2) is 29.2 Å². The predicted molar refractivity (Wildman–Crippen MR) is 67.0 cm³/mol. The van der Waals surface area contributed by atoms with Gasteiger partial charge in [0.15, 0.2) is 0 Å². The minimum absolute atomic E-state index is 0.0231. The zero-order valence-electron chi connectivity index (χ0n) is 10.2. The van der Waals surface area contributed by atoms with E-state index in [1.807, 2.05) is 43.0 Å². The number of hydrogen-bond acceptors (Lipinski definition) is 2. The van der Waals surface area contributed by atoms with Crippen LogP contribution in [0, 0.1) is 5.41 Å². The van der Waals surface area contributed by atoms with Gasteiger partial charge in [-0.15, -0.1) is 0 Å². The van der Waals surface area contributed by atoms with E-state index in [1.165, 1.54) is 0 Å². The van der Waals surface area contributed by atoms with Crippen LogP contribution < -0.4 is 5.32 Å². The molecule has 1 heterocycles. The van der Waals surface area contributed by atoms with Gasteiger partial charge < -0.3 is 10.2 Å². The lowest BCUT2D eigenvalue weighted by molar-refractivity contribution is -0.124.